The van der Waals surface area contributed by atoms with Crippen LogP contribution in [-0.4, -0.2) is 29.1 Å². The second-order valence-corrected chi connectivity index (χ2v) is 3.32. The third kappa shape index (κ3) is 4.50. The van der Waals surface area contributed by atoms with Gasteiger partial charge in [-0.05, 0) is 30.1 Å². The molecule has 1 atom stereocenters. The van der Waals surface area contributed by atoms with Crippen LogP contribution in [0.5, 0.6) is 0 Å². The third-order valence-corrected chi connectivity index (χ3v) is 2.11. The molecule has 0 spiro atoms. The summed E-state index contributed by atoms with van der Waals surface area (Å²) in [6.45, 7) is 0.813. The molecule has 0 saturated heterocycles. The Bertz CT molecular complexity index is 402. The molecule has 0 aliphatic rings. The number of carbonyl (C=O) groups is 1. The molecule has 0 saturated carbocycles. The van der Waals surface area contributed by atoms with Crippen LogP contribution in [0, 0.1) is 0 Å². The maximum absolute atomic E-state index is 11.0. The van der Waals surface area contributed by atoms with Gasteiger partial charge >= 0.3 is 5.97 Å². The van der Waals surface area contributed by atoms with Crippen molar-refractivity contribution < 1.29 is 9.90 Å². The first kappa shape index (κ1) is 13.0. The van der Waals surface area contributed by atoms with Crippen molar-refractivity contribution in [3.05, 3.63) is 40.5 Å². The lowest BCUT2D eigenvalue weighted by Crippen LogP contribution is -2.29. The second-order valence-electron chi connectivity index (χ2n) is 3.32. The minimum absolute atomic E-state index is 0.350. The van der Waals surface area contributed by atoms with Gasteiger partial charge in [0.2, 0.25) is 0 Å². The van der Waals surface area contributed by atoms with Crippen LogP contribution in [0.15, 0.2) is 29.6 Å². The average Bonchev–Trinajstić information content (AvgIpc) is 2.34. The van der Waals surface area contributed by atoms with E-state index in [0.29, 0.717) is 25.1 Å². The number of hydrogen-bond acceptors (Lipinski definition) is 4. The van der Waals surface area contributed by atoms with Gasteiger partial charge in [0.25, 0.3) is 0 Å². The monoisotopic (exact) mass is 235 g/mol. The van der Waals surface area contributed by atoms with Crippen molar-refractivity contribution in [3.8, 4) is 0 Å². The number of aliphatic carboxylic acids is 1. The molecule has 1 aromatic heterocycles. The SMILES string of the molecule is [N-]=[N+]=NCCCNC(C(=O)O)c1cccnc1. The smallest absolute Gasteiger partial charge is 0.325 e. The summed E-state index contributed by atoms with van der Waals surface area (Å²) in [6, 6.07) is 2.61. The topological polar surface area (TPSA) is 111 Å². The molecule has 0 amide bonds. The van der Waals surface area contributed by atoms with Crippen molar-refractivity contribution in [2.45, 2.75) is 12.5 Å². The molecule has 0 bridgehead atoms. The Morgan fingerprint density at radius 1 is 1.71 bits per heavy atom. The molecule has 1 heterocycles. The highest BCUT2D eigenvalue weighted by atomic mass is 16.4. The highest BCUT2D eigenvalue weighted by Crippen LogP contribution is 2.11. The predicted molar refractivity (Wildman–Crippen MR) is 61.2 cm³/mol. The molecule has 1 unspecified atom stereocenters. The molecule has 1 rings (SSSR count). The van der Waals surface area contributed by atoms with E-state index in [1.165, 1.54) is 6.20 Å². The second kappa shape index (κ2) is 7.21. The van der Waals surface area contributed by atoms with E-state index in [0.717, 1.165) is 0 Å². The summed E-state index contributed by atoms with van der Waals surface area (Å²) in [5.74, 6) is -0.957. The van der Waals surface area contributed by atoms with E-state index in [1.807, 2.05) is 0 Å². The van der Waals surface area contributed by atoms with Gasteiger partial charge in [0, 0.05) is 23.9 Å². The fourth-order valence-corrected chi connectivity index (χ4v) is 1.34. The zero-order valence-corrected chi connectivity index (χ0v) is 9.15. The van der Waals surface area contributed by atoms with Crippen molar-refractivity contribution in [2.24, 2.45) is 5.11 Å². The maximum atomic E-state index is 11.0. The first-order valence-corrected chi connectivity index (χ1v) is 5.12. The molecule has 0 fully saturated rings. The standard InChI is InChI=1S/C10H13N5O2/c11-15-14-6-2-5-13-9(10(16)17)8-3-1-4-12-7-8/h1,3-4,7,9,13H,2,5-6H2,(H,16,17). The molecule has 0 aromatic carbocycles. The summed E-state index contributed by atoms with van der Waals surface area (Å²) >= 11 is 0. The number of azide groups is 1. The molecular formula is C10H13N5O2. The van der Waals surface area contributed by atoms with Gasteiger partial charge in [0.1, 0.15) is 6.04 Å². The summed E-state index contributed by atoms with van der Waals surface area (Å²) in [4.78, 5) is 17.5. The van der Waals surface area contributed by atoms with E-state index in [1.54, 1.807) is 18.3 Å². The van der Waals surface area contributed by atoms with Gasteiger partial charge in [-0.2, -0.15) is 0 Å². The van der Waals surface area contributed by atoms with Gasteiger partial charge in [0.05, 0.1) is 0 Å². The van der Waals surface area contributed by atoms with Crippen LogP contribution >= 0.6 is 0 Å². The van der Waals surface area contributed by atoms with Crippen LogP contribution in [0.25, 0.3) is 10.4 Å². The Labute approximate surface area is 98.1 Å². The Balaban J connectivity index is 2.50. The van der Waals surface area contributed by atoms with Crippen LogP contribution in [0.1, 0.15) is 18.0 Å². The Morgan fingerprint density at radius 3 is 3.12 bits per heavy atom. The molecule has 7 heteroatoms. The molecule has 90 valence electrons. The lowest BCUT2D eigenvalue weighted by Gasteiger charge is -2.13. The molecule has 0 radical (unpaired) electrons. The van der Waals surface area contributed by atoms with Gasteiger partial charge in [-0.25, -0.2) is 0 Å². The van der Waals surface area contributed by atoms with Gasteiger partial charge in [-0.1, -0.05) is 11.2 Å². The van der Waals surface area contributed by atoms with Crippen LogP contribution in [0.2, 0.25) is 0 Å². The Kier molecular flexibility index (Phi) is 5.50. The average molecular weight is 235 g/mol. The van der Waals surface area contributed by atoms with Gasteiger partial charge in [0.15, 0.2) is 0 Å². The third-order valence-electron chi connectivity index (χ3n) is 2.11. The fourth-order valence-electron chi connectivity index (χ4n) is 1.34. The number of pyridine rings is 1. The van der Waals surface area contributed by atoms with Crippen molar-refractivity contribution in [2.75, 3.05) is 13.1 Å². The summed E-state index contributed by atoms with van der Waals surface area (Å²) in [5.41, 5.74) is 8.68. The lowest BCUT2D eigenvalue weighted by molar-refractivity contribution is -0.139. The number of carboxylic acid groups (broad SMARTS) is 1. The minimum atomic E-state index is -0.957. The number of hydrogen-bond donors (Lipinski definition) is 2. The highest BCUT2D eigenvalue weighted by molar-refractivity contribution is 5.75. The lowest BCUT2D eigenvalue weighted by atomic mass is 10.1. The van der Waals surface area contributed by atoms with E-state index in [-0.39, 0.29) is 0 Å². The molecular weight excluding hydrogens is 222 g/mol. The molecule has 7 nitrogen and oxygen atoms in total. The Morgan fingerprint density at radius 2 is 2.53 bits per heavy atom. The largest absolute Gasteiger partial charge is 0.480 e. The normalized spacial score (nSPS) is 11.5. The quantitative estimate of drug-likeness (QED) is 0.323. The van der Waals surface area contributed by atoms with Crippen LogP contribution in [-0.2, 0) is 4.79 Å². The molecule has 1 aromatic rings. The van der Waals surface area contributed by atoms with Crippen LogP contribution < -0.4 is 5.32 Å². The number of rotatable bonds is 7. The number of nitrogens with zero attached hydrogens (tertiary/aromatic N) is 4. The zero-order valence-electron chi connectivity index (χ0n) is 9.15. The van der Waals surface area contributed by atoms with Gasteiger partial charge in [-0.3, -0.25) is 9.78 Å². The molecule has 0 aliphatic heterocycles. The summed E-state index contributed by atoms with van der Waals surface area (Å²) < 4.78 is 0. The van der Waals surface area contributed by atoms with Gasteiger partial charge < -0.3 is 10.4 Å². The van der Waals surface area contributed by atoms with E-state index >= 15 is 0 Å². The van der Waals surface area contributed by atoms with Crippen molar-refractivity contribution in [3.63, 3.8) is 0 Å². The van der Waals surface area contributed by atoms with Crippen molar-refractivity contribution in [1.29, 1.82) is 0 Å². The number of nitrogens with one attached hydrogen (secondary N) is 1. The van der Waals surface area contributed by atoms with Crippen molar-refractivity contribution >= 4 is 5.97 Å². The van der Waals surface area contributed by atoms with Crippen LogP contribution in [0.4, 0.5) is 0 Å². The zero-order chi connectivity index (χ0) is 12.5. The van der Waals surface area contributed by atoms with Gasteiger partial charge in [-0.15, -0.1) is 0 Å². The molecule has 17 heavy (non-hydrogen) atoms. The van der Waals surface area contributed by atoms with Crippen LogP contribution in [0.3, 0.4) is 0 Å². The maximum Gasteiger partial charge on any atom is 0.325 e. The first-order valence-electron chi connectivity index (χ1n) is 5.12. The van der Waals surface area contributed by atoms with E-state index < -0.39 is 12.0 Å². The number of aromatic nitrogens is 1. The molecule has 0 aliphatic carbocycles. The van der Waals surface area contributed by atoms with E-state index in [2.05, 4.69) is 20.3 Å². The molecule has 2 N–H and O–H groups in total. The van der Waals surface area contributed by atoms with Crippen molar-refractivity contribution in [1.82, 2.24) is 10.3 Å². The number of carboxylic acids is 1. The van der Waals surface area contributed by atoms with E-state index in [9.17, 15) is 4.79 Å². The minimum Gasteiger partial charge on any atom is -0.480 e. The predicted octanol–water partition coefficient (Wildman–Crippen LogP) is 1.50. The Hall–Kier alpha value is -2.11. The first-order chi connectivity index (χ1) is 8.25. The fraction of sp³-hybridized carbons (Fsp3) is 0.400. The summed E-state index contributed by atoms with van der Waals surface area (Å²) in [7, 11) is 0. The summed E-state index contributed by atoms with van der Waals surface area (Å²) in [6.07, 6.45) is 3.69. The summed E-state index contributed by atoms with van der Waals surface area (Å²) in [5, 5.41) is 15.3. The van der Waals surface area contributed by atoms with E-state index in [4.69, 9.17) is 10.6 Å². The highest BCUT2D eigenvalue weighted by Gasteiger charge is 2.18.